The van der Waals surface area contributed by atoms with Crippen molar-refractivity contribution in [3.8, 4) is 39.5 Å². The summed E-state index contributed by atoms with van der Waals surface area (Å²) < 4.78 is 0. The average Bonchev–Trinajstić information content (AvgIpc) is 2.56. The van der Waals surface area contributed by atoms with E-state index in [1.807, 2.05) is 13.8 Å². The number of benzene rings is 3. The first-order valence-corrected chi connectivity index (χ1v) is 7.98. The molecular formula is C20H18O3S. The molecule has 0 radical (unpaired) electrons. The van der Waals surface area contributed by atoms with Crippen LogP contribution in [-0.2, 0) is 0 Å². The molecule has 0 saturated carbocycles. The Kier molecular flexibility index (Phi) is 4.16. The van der Waals surface area contributed by atoms with Gasteiger partial charge in [-0.05, 0) is 49.2 Å². The second kappa shape index (κ2) is 6.13. The second-order valence-electron chi connectivity index (χ2n) is 5.79. The molecule has 24 heavy (non-hydrogen) atoms. The molecule has 3 N–H and O–H groups in total. The Labute approximate surface area is 146 Å². The van der Waals surface area contributed by atoms with E-state index in [-0.39, 0.29) is 17.2 Å². The topological polar surface area (TPSA) is 60.7 Å². The van der Waals surface area contributed by atoms with Crippen molar-refractivity contribution >= 4 is 12.6 Å². The molecule has 0 saturated heterocycles. The fraction of sp³-hybridized carbons (Fsp3) is 0.100. The first-order valence-electron chi connectivity index (χ1n) is 7.54. The van der Waals surface area contributed by atoms with Gasteiger partial charge in [-0.25, -0.2) is 0 Å². The molecule has 0 unspecified atom stereocenters. The zero-order valence-electron chi connectivity index (χ0n) is 13.4. The van der Waals surface area contributed by atoms with Crippen molar-refractivity contribution in [2.24, 2.45) is 0 Å². The summed E-state index contributed by atoms with van der Waals surface area (Å²) in [6.45, 7) is 3.70. The van der Waals surface area contributed by atoms with Gasteiger partial charge < -0.3 is 15.3 Å². The van der Waals surface area contributed by atoms with Gasteiger partial charge in [-0.2, -0.15) is 0 Å². The van der Waals surface area contributed by atoms with E-state index in [2.05, 4.69) is 0 Å². The van der Waals surface area contributed by atoms with Crippen molar-refractivity contribution in [2.45, 2.75) is 18.7 Å². The lowest BCUT2D eigenvalue weighted by atomic mass is 9.90. The van der Waals surface area contributed by atoms with Gasteiger partial charge in [0.1, 0.15) is 17.2 Å². The molecule has 122 valence electrons. The van der Waals surface area contributed by atoms with Gasteiger partial charge in [-0.15, -0.1) is 12.6 Å². The molecule has 0 amide bonds. The number of phenolic OH excluding ortho intramolecular Hbond substituents is 3. The Hall–Kier alpha value is -2.59. The lowest BCUT2D eigenvalue weighted by Crippen LogP contribution is -1.95. The fourth-order valence-corrected chi connectivity index (χ4v) is 3.55. The minimum Gasteiger partial charge on any atom is -0.508 e. The third-order valence-electron chi connectivity index (χ3n) is 4.25. The first kappa shape index (κ1) is 16.3. The number of rotatable bonds is 2. The summed E-state index contributed by atoms with van der Waals surface area (Å²) >= 11 is 4.74. The average molecular weight is 338 g/mol. The van der Waals surface area contributed by atoms with E-state index in [1.54, 1.807) is 48.5 Å². The van der Waals surface area contributed by atoms with Crippen LogP contribution in [0.3, 0.4) is 0 Å². The normalized spacial score (nSPS) is 10.8. The predicted molar refractivity (Wildman–Crippen MR) is 99.0 cm³/mol. The quantitative estimate of drug-likeness (QED) is 0.495. The van der Waals surface area contributed by atoms with Crippen molar-refractivity contribution in [2.75, 3.05) is 0 Å². The van der Waals surface area contributed by atoms with Crippen molar-refractivity contribution in [3.63, 3.8) is 0 Å². The van der Waals surface area contributed by atoms with Crippen LogP contribution in [0.25, 0.3) is 22.3 Å². The van der Waals surface area contributed by atoms with Crippen molar-refractivity contribution < 1.29 is 15.3 Å². The highest BCUT2D eigenvalue weighted by Crippen LogP contribution is 2.45. The van der Waals surface area contributed by atoms with Gasteiger partial charge in [-0.1, -0.05) is 24.3 Å². The van der Waals surface area contributed by atoms with E-state index in [9.17, 15) is 15.3 Å². The summed E-state index contributed by atoms with van der Waals surface area (Å²) in [6.07, 6.45) is 0. The molecular weight excluding hydrogens is 320 g/mol. The van der Waals surface area contributed by atoms with Crippen LogP contribution in [0.4, 0.5) is 0 Å². The van der Waals surface area contributed by atoms with Crippen LogP contribution in [-0.4, -0.2) is 15.3 Å². The first-order chi connectivity index (χ1) is 11.4. The smallest absolute Gasteiger partial charge is 0.122 e. The van der Waals surface area contributed by atoms with E-state index in [0.717, 1.165) is 38.3 Å². The van der Waals surface area contributed by atoms with Gasteiger partial charge in [0.15, 0.2) is 0 Å². The molecule has 0 aliphatic heterocycles. The molecule has 0 atom stereocenters. The van der Waals surface area contributed by atoms with Gasteiger partial charge in [0, 0.05) is 27.1 Å². The molecule has 3 nitrogen and oxygen atoms in total. The molecule has 0 spiro atoms. The van der Waals surface area contributed by atoms with Crippen molar-refractivity contribution in [1.82, 2.24) is 0 Å². The summed E-state index contributed by atoms with van der Waals surface area (Å²) in [5.74, 6) is 0.596. The number of thiol groups is 1. The standard InChI is InChI=1S/C20H18O3S/c1-11-17(13-3-7-15(21)8-4-13)20(24)18(12(2)19(11)23)14-5-9-16(22)10-6-14/h3-10,21-24H,1-2H3. The Morgan fingerprint density at radius 3 is 1.29 bits per heavy atom. The van der Waals surface area contributed by atoms with Gasteiger partial charge in [0.05, 0.1) is 0 Å². The Morgan fingerprint density at radius 2 is 0.958 bits per heavy atom. The third-order valence-corrected chi connectivity index (χ3v) is 4.69. The molecule has 3 aromatic rings. The Bertz CT molecular complexity index is 825. The molecule has 3 aromatic carbocycles. The number of phenols is 3. The Balaban J connectivity index is 2.31. The monoisotopic (exact) mass is 338 g/mol. The predicted octanol–water partition coefficient (Wildman–Crippen LogP) is 5.04. The summed E-state index contributed by atoms with van der Waals surface area (Å²) in [4.78, 5) is 0.749. The maximum absolute atomic E-state index is 10.6. The lowest BCUT2D eigenvalue weighted by Gasteiger charge is -2.19. The van der Waals surface area contributed by atoms with Gasteiger partial charge in [0.2, 0.25) is 0 Å². The lowest BCUT2D eigenvalue weighted by molar-refractivity contribution is 0.467. The van der Waals surface area contributed by atoms with Crippen LogP contribution in [0.2, 0.25) is 0 Å². The van der Waals surface area contributed by atoms with E-state index in [0.29, 0.717) is 0 Å². The van der Waals surface area contributed by atoms with E-state index in [4.69, 9.17) is 12.6 Å². The van der Waals surface area contributed by atoms with Crippen molar-refractivity contribution in [3.05, 3.63) is 59.7 Å². The molecule has 0 aromatic heterocycles. The Morgan fingerprint density at radius 1 is 0.625 bits per heavy atom. The second-order valence-corrected chi connectivity index (χ2v) is 6.24. The van der Waals surface area contributed by atoms with Crippen LogP contribution in [0.1, 0.15) is 11.1 Å². The van der Waals surface area contributed by atoms with Crippen LogP contribution in [0.15, 0.2) is 53.4 Å². The van der Waals surface area contributed by atoms with Gasteiger partial charge in [-0.3, -0.25) is 0 Å². The molecule has 0 fully saturated rings. The molecule has 0 aliphatic rings. The largest absolute Gasteiger partial charge is 0.508 e. The maximum atomic E-state index is 10.6. The van der Waals surface area contributed by atoms with Gasteiger partial charge >= 0.3 is 0 Å². The molecule has 4 heteroatoms. The third kappa shape index (κ3) is 2.69. The van der Waals surface area contributed by atoms with Crippen LogP contribution in [0, 0.1) is 13.8 Å². The highest BCUT2D eigenvalue weighted by Gasteiger charge is 2.19. The number of hydrogen-bond acceptors (Lipinski definition) is 4. The fourth-order valence-electron chi connectivity index (χ4n) is 2.96. The van der Waals surface area contributed by atoms with Crippen LogP contribution < -0.4 is 0 Å². The molecule has 0 heterocycles. The van der Waals surface area contributed by atoms with E-state index >= 15 is 0 Å². The maximum Gasteiger partial charge on any atom is 0.122 e. The zero-order valence-corrected chi connectivity index (χ0v) is 14.3. The highest BCUT2D eigenvalue weighted by atomic mass is 32.1. The van der Waals surface area contributed by atoms with E-state index in [1.165, 1.54) is 0 Å². The van der Waals surface area contributed by atoms with Gasteiger partial charge in [0.25, 0.3) is 0 Å². The van der Waals surface area contributed by atoms with Crippen LogP contribution >= 0.6 is 12.6 Å². The molecule has 0 bridgehead atoms. The SMILES string of the molecule is Cc1c(O)c(C)c(-c2ccc(O)cc2)c(S)c1-c1ccc(O)cc1. The number of aromatic hydroxyl groups is 3. The zero-order chi connectivity index (χ0) is 17.4. The minimum absolute atomic E-state index is 0.187. The minimum atomic E-state index is 0.187. The van der Waals surface area contributed by atoms with Crippen LogP contribution in [0.5, 0.6) is 17.2 Å². The molecule has 3 rings (SSSR count). The summed E-state index contributed by atoms with van der Waals surface area (Å²) in [5.41, 5.74) is 4.86. The van der Waals surface area contributed by atoms with E-state index < -0.39 is 0 Å². The number of hydrogen-bond donors (Lipinski definition) is 4. The summed E-state index contributed by atoms with van der Waals surface area (Å²) in [7, 11) is 0. The molecule has 0 aliphatic carbocycles. The highest BCUT2D eigenvalue weighted by molar-refractivity contribution is 7.80. The van der Waals surface area contributed by atoms with Crippen molar-refractivity contribution in [1.29, 1.82) is 0 Å². The summed E-state index contributed by atoms with van der Waals surface area (Å²) in [6, 6.07) is 13.6. The summed E-state index contributed by atoms with van der Waals surface area (Å²) in [5, 5.41) is 29.6.